The molecule has 1 unspecified atom stereocenters. The van der Waals surface area contributed by atoms with Crippen molar-refractivity contribution in [3.8, 4) is 0 Å². The third-order valence-electron chi connectivity index (χ3n) is 5.17. The fourth-order valence-corrected chi connectivity index (χ4v) is 3.94. The topological polar surface area (TPSA) is 78.3 Å². The largest absolute Gasteiger partial charge is 0.350 e. The number of rotatable bonds is 7. The number of hydrogen-bond acceptors (Lipinski definition) is 5. The summed E-state index contributed by atoms with van der Waals surface area (Å²) in [5.74, 6) is 0.691. The summed E-state index contributed by atoms with van der Waals surface area (Å²) in [4.78, 5) is 12.8. The van der Waals surface area contributed by atoms with Crippen molar-refractivity contribution in [1.29, 1.82) is 0 Å². The van der Waals surface area contributed by atoms with Gasteiger partial charge in [-0.1, -0.05) is 48.5 Å². The van der Waals surface area contributed by atoms with E-state index in [0.29, 0.717) is 29.9 Å². The molecule has 0 fully saturated rings. The zero-order valence-corrected chi connectivity index (χ0v) is 17.6. The number of carbonyl (C=O) groups excluding carboxylic acids is 1. The molecule has 2 aromatic carbocycles. The summed E-state index contributed by atoms with van der Waals surface area (Å²) in [6, 6.07) is 20.1. The van der Waals surface area contributed by atoms with E-state index in [1.54, 1.807) is 0 Å². The van der Waals surface area contributed by atoms with Crippen LogP contribution in [0.2, 0.25) is 0 Å². The first-order valence-corrected chi connectivity index (χ1v) is 10.5. The minimum Gasteiger partial charge on any atom is -0.350 e. The van der Waals surface area contributed by atoms with Crippen LogP contribution in [0.15, 0.2) is 65.8 Å². The summed E-state index contributed by atoms with van der Waals surface area (Å²) in [7, 11) is 0. The number of carbonyl (C=O) groups is 1. The maximum Gasteiger partial charge on any atom is 0.267 e. The average molecular weight is 421 g/mol. The number of aromatic nitrogens is 3. The van der Waals surface area contributed by atoms with Crippen molar-refractivity contribution in [3.63, 3.8) is 0 Å². The van der Waals surface area contributed by atoms with Crippen molar-refractivity contribution in [2.75, 3.05) is 11.6 Å². The van der Waals surface area contributed by atoms with E-state index in [4.69, 9.17) is 12.2 Å². The van der Waals surface area contributed by atoms with E-state index < -0.39 is 0 Å². The minimum atomic E-state index is -0.147. The number of H-pyrrole nitrogens is 1. The second-order valence-corrected chi connectivity index (χ2v) is 7.44. The van der Waals surface area contributed by atoms with Crippen LogP contribution in [-0.2, 0) is 17.8 Å². The second kappa shape index (κ2) is 9.04. The molecule has 7 nitrogen and oxygen atoms in total. The number of anilines is 1. The summed E-state index contributed by atoms with van der Waals surface area (Å²) in [6.07, 6.45) is 1.16. The highest BCUT2D eigenvalue weighted by atomic mass is 32.1. The van der Waals surface area contributed by atoms with Crippen molar-refractivity contribution in [2.45, 2.75) is 32.4 Å². The Balaban J connectivity index is 1.47. The predicted octanol–water partition coefficient (Wildman–Crippen LogP) is 3.63. The molecule has 1 aliphatic heterocycles. The number of nitrogens with zero attached hydrogens (tertiary/aromatic N) is 4. The standard InChI is InChI=1S/C22H24N6OS/c1-2-27-20(24-25-22(27)30)13-14-23-21(29)18-15-19(16-9-5-3-6-10-16)28(26-18)17-11-7-4-8-12-17/h3-12,19H,2,13-15H2,1H3,(H,23,29)(H,25,30). The van der Waals surface area contributed by atoms with Crippen LogP contribution in [-0.4, -0.2) is 32.9 Å². The maximum absolute atomic E-state index is 12.8. The SMILES string of the molecule is CCn1c(CCNC(=O)C2=NN(c3ccccc3)C(c3ccccc3)C2)n[nH]c1=S. The first-order valence-electron chi connectivity index (χ1n) is 10.1. The Labute approximate surface area is 180 Å². The number of amides is 1. The first-order chi connectivity index (χ1) is 14.7. The van der Waals surface area contributed by atoms with Crippen molar-refractivity contribution in [1.82, 2.24) is 20.1 Å². The molecular formula is C22H24N6OS. The quantitative estimate of drug-likeness (QED) is 0.572. The lowest BCUT2D eigenvalue weighted by Crippen LogP contribution is -2.32. The van der Waals surface area contributed by atoms with Crippen LogP contribution in [0.1, 0.15) is 30.8 Å². The highest BCUT2D eigenvalue weighted by Crippen LogP contribution is 2.34. The Bertz CT molecular complexity index is 1090. The Morgan fingerprint density at radius 2 is 1.87 bits per heavy atom. The zero-order chi connectivity index (χ0) is 20.9. The molecule has 30 heavy (non-hydrogen) atoms. The summed E-state index contributed by atoms with van der Waals surface area (Å²) >= 11 is 5.21. The average Bonchev–Trinajstić information content (AvgIpc) is 3.39. The molecule has 2 heterocycles. The molecule has 1 atom stereocenters. The highest BCUT2D eigenvalue weighted by molar-refractivity contribution is 7.71. The van der Waals surface area contributed by atoms with Crippen LogP contribution in [0, 0.1) is 4.77 Å². The Hall–Kier alpha value is -3.26. The van der Waals surface area contributed by atoms with E-state index in [0.717, 1.165) is 23.6 Å². The van der Waals surface area contributed by atoms with Crippen molar-refractivity contribution in [2.24, 2.45) is 5.10 Å². The van der Waals surface area contributed by atoms with Crippen molar-refractivity contribution >= 4 is 29.5 Å². The van der Waals surface area contributed by atoms with E-state index in [1.807, 2.05) is 65.0 Å². The van der Waals surface area contributed by atoms with Crippen molar-refractivity contribution < 1.29 is 4.79 Å². The minimum absolute atomic E-state index is 0.00860. The lowest BCUT2D eigenvalue weighted by atomic mass is 10.0. The van der Waals surface area contributed by atoms with Crippen LogP contribution in [0.5, 0.6) is 0 Å². The van der Waals surface area contributed by atoms with Gasteiger partial charge in [-0.05, 0) is 36.8 Å². The molecule has 0 saturated heterocycles. The van der Waals surface area contributed by atoms with Gasteiger partial charge in [-0.3, -0.25) is 14.9 Å². The lowest BCUT2D eigenvalue weighted by molar-refractivity contribution is -0.114. The van der Waals surface area contributed by atoms with Gasteiger partial charge < -0.3 is 9.88 Å². The molecule has 3 aromatic rings. The van der Waals surface area contributed by atoms with E-state index in [-0.39, 0.29) is 11.9 Å². The maximum atomic E-state index is 12.8. The number of benzene rings is 2. The van der Waals surface area contributed by atoms with Crippen molar-refractivity contribution in [3.05, 3.63) is 76.8 Å². The molecule has 0 aliphatic carbocycles. The second-order valence-electron chi connectivity index (χ2n) is 7.05. The van der Waals surface area contributed by atoms with Gasteiger partial charge in [0.05, 0.1) is 11.7 Å². The van der Waals surface area contributed by atoms with Crippen LogP contribution in [0.3, 0.4) is 0 Å². The van der Waals surface area contributed by atoms with Gasteiger partial charge in [-0.25, -0.2) is 0 Å². The van der Waals surface area contributed by atoms with Crippen LogP contribution in [0.4, 0.5) is 5.69 Å². The molecule has 2 N–H and O–H groups in total. The van der Waals surface area contributed by atoms with E-state index in [9.17, 15) is 4.79 Å². The number of para-hydroxylation sites is 1. The summed E-state index contributed by atoms with van der Waals surface area (Å²) in [5.41, 5.74) is 2.63. The number of nitrogens with one attached hydrogen (secondary N) is 2. The van der Waals surface area contributed by atoms with Gasteiger partial charge >= 0.3 is 0 Å². The summed E-state index contributed by atoms with van der Waals surface area (Å²) < 4.78 is 2.53. The van der Waals surface area contributed by atoms with Crippen LogP contribution < -0.4 is 10.3 Å². The third kappa shape index (κ3) is 4.18. The Morgan fingerprint density at radius 3 is 2.57 bits per heavy atom. The van der Waals surface area contributed by atoms with E-state index >= 15 is 0 Å². The monoisotopic (exact) mass is 420 g/mol. The third-order valence-corrected chi connectivity index (χ3v) is 5.48. The lowest BCUT2D eigenvalue weighted by Gasteiger charge is -2.23. The number of hydrazone groups is 1. The zero-order valence-electron chi connectivity index (χ0n) is 16.8. The highest BCUT2D eigenvalue weighted by Gasteiger charge is 2.32. The van der Waals surface area contributed by atoms with Gasteiger partial charge in [0.15, 0.2) is 4.77 Å². The van der Waals surface area contributed by atoms with Gasteiger partial charge in [-0.2, -0.15) is 10.2 Å². The Morgan fingerprint density at radius 1 is 1.17 bits per heavy atom. The fraction of sp³-hybridized carbons (Fsp3) is 0.273. The molecule has 8 heteroatoms. The van der Waals surface area contributed by atoms with Gasteiger partial charge in [0.2, 0.25) is 0 Å². The molecular weight excluding hydrogens is 396 g/mol. The summed E-state index contributed by atoms with van der Waals surface area (Å²) in [5, 5.41) is 16.6. The van der Waals surface area contributed by atoms with E-state index in [1.165, 1.54) is 0 Å². The number of hydrogen-bond donors (Lipinski definition) is 2. The molecule has 4 rings (SSSR count). The van der Waals surface area contributed by atoms with Gasteiger partial charge in [0, 0.05) is 25.9 Å². The first kappa shape index (κ1) is 20.0. The normalized spacial score (nSPS) is 15.8. The van der Waals surface area contributed by atoms with Gasteiger partial charge in [-0.15, -0.1) is 0 Å². The van der Waals surface area contributed by atoms with Gasteiger partial charge in [0.25, 0.3) is 5.91 Å². The molecule has 0 spiro atoms. The van der Waals surface area contributed by atoms with Crippen LogP contribution >= 0.6 is 12.2 Å². The molecule has 1 aromatic heterocycles. The molecule has 0 radical (unpaired) electrons. The molecule has 154 valence electrons. The predicted molar refractivity (Wildman–Crippen MR) is 120 cm³/mol. The van der Waals surface area contributed by atoms with Gasteiger partial charge in [0.1, 0.15) is 11.5 Å². The van der Waals surface area contributed by atoms with E-state index in [2.05, 4.69) is 32.7 Å². The van der Waals surface area contributed by atoms with Crippen LogP contribution in [0.25, 0.3) is 0 Å². The summed E-state index contributed by atoms with van der Waals surface area (Å²) in [6.45, 7) is 3.23. The molecule has 1 aliphatic rings. The Kier molecular flexibility index (Phi) is 6.04. The molecule has 1 amide bonds. The molecule has 0 bridgehead atoms. The number of aromatic amines is 1. The molecule has 0 saturated carbocycles. The smallest absolute Gasteiger partial charge is 0.267 e. The fourth-order valence-electron chi connectivity index (χ4n) is 3.66.